The van der Waals surface area contributed by atoms with Crippen LogP contribution in [-0.4, -0.2) is 12.2 Å². The van der Waals surface area contributed by atoms with Crippen LogP contribution in [0.4, 0.5) is 0 Å². The first kappa shape index (κ1) is 8.89. The van der Waals surface area contributed by atoms with Crippen LogP contribution in [-0.2, 0) is 0 Å². The van der Waals surface area contributed by atoms with E-state index in [0.29, 0.717) is 0 Å². The van der Waals surface area contributed by atoms with Gasteiger partial charge in [-0.15, -0.1) is 0 Å². The van der Waals surface area contributed by atoms with E-state index in [0.717, 1.165) is 0 Å². The van der Waals surface area contributed by atoms with E-state index in [-0.39, 0.29) is 22.6 Å². The molecule has 4 nitrogen and oxygen atoms in total. The van der Waals surface area contributed by atoms with E-state index >= 15 is 0 Å². The number of ether oxygens (including phenoxy) is 1. The summed E-state index contributed by atoms with van der Waals surface area (Å²) in [5.74, 6) is -0.0976. The highest BCUT2D eigenvalue weighted by molar-refractivity contribution is 5.56. The minimum Gasteiger partial charge on any atom is -0.503 e. The fourth-order valence-corrected chi connectivity index (χ4v) is 0.913. The summed E-state index contributed by atoms with van der Waals surface area (Å²) in [6.45, 7) is 0. The third-order valence-corrected chi connectivity index (χ3v) is 1.54. The van der Waals surface area contributed by atoms with Crippen LogP contribution in [0.2, 0.25) is 0 Å². The van der Waals surface area contributed by atoms with Crippen molar-refractivity contribution in [3.63, 3.8) is 0 Å². The predicted molar refractivity (Wildman–Crippen MR) is 44.1 cm³/mol. The molecule has 1 aromatic carbocycles. The van der Waals surface area contributed by atoms with Crippen LogP contribution in [0.25, 0.3) is 0 Å². The van der Waals surface area contributed by atoms with Gasteiger partial charge in [-0.25, -0.2) is 0 Å². The summed E-state index contributed by atoms with van der Waals surface area (Å²) >= 11 is 0. The lowest BCUT2D eigenvalue weighted by atomic mass is 10.1. The molecule has 1 aromatic rings. The number of nitrogens with zero attached hydrogens (tertiary/aromatic N) is 2. The summed E-state index contributed by atoms with van der Waals surface area (Å²) in [6, 6.07) is 6.30. The maximum atomic E-state index is 9.35. The zero-order valence-corrected chi connectivity index (χ0v) is 6.90. The third-order valence-electron chi connectivity index (χ3n) is 1.54. The molecule has 0 radical (unpaired) electrons. The van der Waals surface area contributed by atoms with Crippen LogP contribution in [0.1, 0.15) is 11.1 Å². The van der Waals surface area contributed by atoms with Crippen LogP contribution in [0.5, 0.6) is 11.5 Å². The Labute approximate surface area is 75.2 Å². The van der Waals surface area contributed by atoms with Gasteiger partial charge in [0.15, 0.2) is 11.5 Å². The predicted octanol–water partition coefficient (Wildman–Crippen LogP) is 1.14. The molecule has 1 N–H and O–H groups in total. The molecule has 1 rings (SSSR count). The van der Waals surface area contributed by atoms with Gasteiger partial charge in [-0.1, -0.05) is 0 Å². The number of hydrogen-bond acceptors (Lipinski definition) is 4. The van der Waals surface area contributed by atoms with E-state index in [4.69, 9.17) is 15.3 Å². The molecule has 0 heterocycles. The molecule has 0 fully saturated rings. The molecule has 0 aliphatic heterocycles. The quantitative estimate of drug-likeness (QED) is 0.692. The van der Waals surface area contributed by atoms with E-state index in [9.17, 15) is 5.11 Å². The van der Waals surface area contributed by atoms with Gasteiger partial charge in [-0.3, -0.25) is 0 Å². The second-order valence-electron chi connectivity index (χ2n) is 2.30. The standard InChI is InChI=1S/C9H6N2O2/c1-13-8-3-6(4-10)2-7(5-11)9(8)12/h2-3,12H,1H3. The third kappa shape index (κ3) is 1.52. The van der Waals surface area contributed by atoms with E-state index in [1.54, 1.807) is 6.07 Å². The molecule has 0 aliphatic carbocycles. The van der Waals surface area contributed by atoms with Crippen molar-refractivity contribution < 1.29 is 9.84 Å². The van der Waals surface area contributed by atoms with Crippen LogP contribution in [0, 0.1) is 22.7 Å². The maximum absolute atomic E-state index is 9.35. The van der Waals surface area contributed by atoms with Gasteiger partial charge < -0.3 is 9.84 Å². The average molecular weight is 174 g/mol. The molecule has 0 atom stereocenters. The number of aromatic hydroxyl groups is 1. The van der Waals surface area contributed by atoms with Crippen molar-refractivity contribution in [1.82, 2.24) is 0 Å². The van der Waals surface area contributed by atoms with Crippen LogP contribution in [0.3, 0.4) is 0 Å². The molecule has 13 heavy (non-hydrogen) atoms. The van der Waals surface area contributed by atoms with Gasteiger partial charge in [0.05, 0.1) is 24.3 Å². The molecule has 0 saturated carbocycles. The fraction of sp³-hybridized carbons (Fsp3) is 0.111. The molecule has 0 aromatic heterocycles. The second-order valence-corrected chi connectivity index (χ2v) is 2.30. The zero-order valence-electron chi connectivity index (χ0n) is 6.90. The van der Waals surface area contributed by atoms with E-state index in [1.165, 1.54) is 19.2 Å². The Hall–Kier alpha value is -2.20. The average Bonchev–Trinajstić information content (AvgIpc) is 2.18. The number of nitriles is 2. The van der Waals surface area contributed by atoms with E-state index < -0.39 is 0 Å². The molecular weight excluding hydrogens is 168 g/mol. The summed E-state index contributed by atoms with van der Waals surface area (Å²) in [7, 11) is 1.36. The number of phenolic OH excluding ortho intramolecular Hbond substituents is 1. The Morgan fingerprint density at radius 3 is 2.46 bits per heavy atom. The van der Waals surface area contributed by atoms with Crippen molar-refractivity contribution in [3.8, 4) is 23.6 Å². The molecule has 0 unspecified atom stereocenters. The summed E-state index contributed by atoms with van der Waals surface area (Å²) in [5.41, 5.74) is 0.321. The topological polar surface area (TPSA) is 77.0 Å². The minimum absolute atomic E-state index is 0.0379. The Morgan fingerprint density at radius 2 is 2.00 bits per heavy atom. The van der Waals surface area contributed by atoms with Crippen molar-refractivity contribution in [1.29, 1.82) is 10.5 Å². The molecule has 0 bridgehead atoms. The lowest BCUT2D eigenvalue weighted by molar-refractivity contribution is 0.372. The van der Waals surface area contributed by atoms with Crippen molar-refractivity contribution in [2.24, 2.45) is 0 Å². The van der Waals surface area contributed by atoms with Gasteiger partial charge in [0.25, 0.3) is 0 Å². The molecule has 0 amide bonds. The Balaban J connectivity index is 3.42. The molecular formula is C9H6N2O2. The first-order valence-electron chi connectivity index (χ1n) is 3.44. The zero-order chi connectivity index (χ0) is 9.84. The van der Waals surface area contributed by atoms with Crippen molar-refractivity contribution in [2.45, 2.75) is 0 Å². The maximum Gasteiger partial charge on any atom is 0.175 e. The number of hydrogen-bond donors (Lipinski definition) is 1. The van der Waals surface area contributed by atoms with Crippen LogP contribution < -0.4 is 4.74 Å². The summed E-state index contributed by atoms with van der Waals surface area (Å²) in [6.07, 6.45) is 0. The first-order chi connectivity index (χ1) is 6.22. The van der Waals surface area contributed by atoms with Gasteiger partial charge in [0, 0.05) is 6.07 Å². The fourth-order valence-electron chi connectivity index (χ4n) is 0.913. The number of benzene rings is 1. The molecule has 4 heteroatoms. The van der Waals surface area contributed by atoms with Crippen molar-refractivity contribution in [2.75, 3.05) is 7.11 Å². The van der Waals surface area contributed by atoms with Crippen LogP contribution >= 0.6 is 0 Å². The lowest BCUT2D eigenvalue weighted by Crippen LogP contribution is -1.88. The molecule has 0 saturated heterocycles. The minimum atomic E-state index is -0.232. The van der Waals surface area contributed by atoms with Gasteiger partial charge >= 0.3 is 0 Å². The second kappa shape index (κ2) is 3.46. The number of methoxy groups -OCH3 is 1. The van der Waals surface area contributed by atoms with E-state index in [1.807, 2.05) is 6.07 Å². The van der Waals surface area contributed by atoms with Crippen molar-refractivity contribution in [3.05, 3.63) is 23.3 Å². The largest absolute Gasteiger partial charge is 0.503 e. The van der Waals surface area contributed by atoms with Crippen LogP contribution in [0.15, 0.2) is 12.1 Å². The summed E-state index contributed by atoms with van der Waals surface area (Å²) < 4.78 is 4.78. The molecule has 64 valence electrons. The lowest BCUT2D eigenvalue weighted by Gasteiger charge is -2.04. The van der Waals surface area contributed by atoms with Gasteiger partial charge in [-0.2, -0.15) is 10.5 Å². The normalized spacial score (nSPS) is 8.54. The molecule has 0 spiro atoms. The number of rotatable bonds is 1. The highest BCUT2D eigenvalue weighted by Crippen LogP contribution is 2.30. The summed E-state index contributed by atoms with van der Waals surface area (Å²) in [4.78, 5) is 0. The smallest absolute Gasteiger partial charge is 0.175 e. The highest BCUT2D eigenvalue weighted by Gasteiger charge is 2.09. The summed E-state index contributed by atoms with van der Waals surface area (Å²) in [5, 5.41) is 26.5. The van der Waals surface area contributed by atoms with Gasteiger partial charge in [-0.05, 0) is 6.07 Å². The Morgan fingerprint density at radius 1 is 1.31 bits per heavy atom. The SMILES string of the molecule is COc1cc(C#N)cc(C#N)c1O. The Kier molecular flexibility index (Phi) is 2.37. The highest BCUT2D eigenvalue weighted by atomic mass is 16.5. The molecule has 0 aliphatic rings. The first-order valence-corrected chi connectivity index (χ1v) is 3.44. The Bertz CT molecular complexity index is 413. The van der Waals surface area contributed by atoms with Crippen molar-refractivity contribution >= 4 is 0 Å². The number of phenols is 1. The van der Waals surface area contributed by atoms with Gasteiger partial charge in [0.1, 0.15) is 6.07 Å². The monoisotopic (exact) mass is 174 g/mol. The van der Waals surface area contributed by atoms with E-state index in [2.05, 4.69) is 0 Å². The van der Waals surface area contributed by atoms with Gasteiger partial charge in [0.2, 0.25) is 0 Å².